The first-order chi connectivity index (χ1) is 3.46. The summed E-state index contributed by atoms with van der Waals surface area (Å²) in [6, 6.07) is 0. The quantitative estimate of drug-likeness (QED) is 0.285. The van der Waals surface area contributed by atoms with Gasteiger partial charge in [-0.15, -0.1) is 0 Å². The standard InChI is InChI=1S/Al.Cr.2NO3/c;;2*2-1(3)4/q2*+3;2*-1. The molecular formula is AlCrN2O6+4. The Kier molecular flexibility index (Phi) is 35.9. The molecule has 0 aromatic heterocycles. The predicted molar refractivity (Wildman–Crippen MR) is 26.5 cm³/mol. The first-order valence-electron chi connectivity index (χ1n) is 1.10. The van der Waals surface area contributed by atoms with Gasteiger partial charge in [0.1, 0.15) is 0 Å². The van der Waals surface area contributed by atoms with Gasteiger partial charge in [-0.1, -0.05) is 0 Å². The van der Waals surface area contributed by atoms with Crippen LogP contribution in [0.3, 0.4) is 0 Å². The molecule has 0 amide bonds. The van der Waals surface area contributed by atoms with Gasteiger partial charge in [0.2, 0.25) is 0 Å². The van der Waals surface area contributed by atoms with Gasteiger partial charge in [0.15, 0.2) is 0 Å². The molecule has 0 aromatic carbocycles. The van der Waals surface area contributed by atoms with Crippen LogP contribution in [0, 0.1) is 30.6 Å². The Morgan fingerprint density at radius 2 is 0.800 bits per heavy atom. The molecule has 0 aliphatic carbocycles. The van der Waals surface area contributed by atoms with Gasteiger partial charge in [0, 0.05) is 0 Å². The zero-order valence-corrected chi connectivity index (χ0v) is 6.76. The fourth-order valence-corrected chi connectivity index (χ4v) is 0. The second kappa shape index (κ2) is 15.8. The number of hydrogen-bond acceptors (Lipinski definition) is 6. The molecular weight excluding hydrogens is 203 g/mol. The van der Waals surface area contributed by atoms with Crippen molar-refractivity contribution in [3.05, 3.63) is 30.6 Å². The van der Waals surface area contributed by atoms with Crippen molar-refractivity contribution in [3.8, 4) is 0 Å². The summed E-state index contributed by atoms with van der Waals surface area (Å²) in [7, 11) is 0. The van der Waals surface area contributed by atoms with Crippen LogP contribution in [0.2, 0.25) is 0 Å². The minimum atomic E-state index is -1.75. The van der Waals surface area contributed by atoms with Crippen LogP contribution in [0.4, 0.5) is 0 Å². The molecule has 0 aliphatic rings. The van der Waals surface area contributed by atoms with Gasteiger partial charge in [-0.25, -0.2) is 0 Å². The maximum absolute atomic E-state index is 8.25. The molecule has 0 bridgehead atoms. The first kappa shape index (κ1) is 22.7. The minimum absolute atomic E-state index is 0. The molecule has 51 valence electrons. The summed E-state index contributed by atoms with van der Waals surface area (Å²) in [6.45, 7) is 0. The fraction of sp³-hybridized carbons (Fsp3) is 0. The van der Waals surface area contributed by atoms with Crippen LogP contribution >= 0.6 is 0 Å². The van der Waals surface area contributed by atoms with Crippen LogP contribution in [-0.2, 0) is 17.4 Å². The van der Waals surface area contributed by atoms with Crippen LogP contribution in [0.5, 0.6) is 0 Å². The van der Waals surface area contributed by atoms with Crippen molar-refractivity contribution < 1.29 is 27.5 Å². The minimum Gasteiger partial charge on any atom is -0.356 e. The normalized spacial score (nSPS) is 4.80. The number of rotatable bonds is 0. The molecule has 0 unspecified atom stereocenters. The molecule has 0 fully saturated rings. The van der Waals surface area contributed by atoms with Crippen molar-refractivity contribution in [2.45, 2.75) is 0 Å². The second-order valence-electron chi connectivity index (χ2n) is 0.447. The molecule has 0 N–H and O–H groups in total. The van der Waals surface area contributed by atoms with Crippen molar-refractivity contribution in [1.82, 2.24) is 0 Å². The molecule has 0 saturated carbocycles. The van der Waals surface area contributed by atoms with Crippen molar-refractivity contribution in [3.63, 3.8) is 0 Å². The maximum atomic E-state index is 8.25. The third-order valence-electron chi connectivity index (χ3n) is 0. The van der Waals surface area contributed by atoms with Crippen molar-refractivity contribution in [2.24, 2.45) is 0 Å². The van der Waals surface area contributed by atoms with Gasteiger partial charge in [0.25, 0.3) is 0 Å². The SMILES string of the molecule is O=[N+]([O-])[O-].O=[N+]([O-])[O-].[Al+3].[Cr+3]. The van der Waals surface area contributed by atoms with E-state index in [1.807, 2.05) is 0 Å². The summed E-state index contributed by atoms with van der Waals surface area (Å²) < 4.78 is 0. The Morgan fingerprint density at radius 3 is 0.800 bits per heavy atom. The zero-order valence-electron chi connectivity index (χ0n) is 4.33. The third kappa shape index (κ3) is 1090. The topological polar surface area (TPSA) is 132 Å². The van der Waals surface area contributed by atoms with E-state index in [2.05, 4.69) is 0 Å². The van der Waals surface area contributed by atoms with Gasteiger partial charge in [-0.2, -0.15) is 0 Å². The Bertz CT molecular complexity index is 73.7. The van der Waals surface area contributed by atoms with Crippen molar-refractivity contribution in [2.75, 3.05) is 0 Å². The van der Waals surface area contributed by atoms with E-state index < -0.39 is 10.2 Å². The van der Waals surface area contributed by atoms with Crippen molar-refractivity contribution in [1.29, 1.82) is 0 Å². The van der Waals surface area contributed by atoms with Gasteiger partial charge in [-0.05, 0) is 0 Å². The Hall–Kier alpha value is -0.535. The predicted octanol–water partition coefficient (Wildman–Crippen LogP) is -0.862. The summed E-state index contributed by atoms with van der Waals surface area (Å²) in [5.74, 6) is 0. The molecule has 1 radical (unpaired) electrons. The van der Waals surface area contributed by atoms with Crippen LogP contribution in [0.1, 0.15) is 0 Å². The van der Waals surface area contributed by atoms with Crippen molar-refractivity contribution >= 4 is 17.4 Å². The van der Waals surface area contributed by atoms with Gasteiger partial charge in [0.05, 0.1) is 10.2 Å². The fourth-order valence-electron chi connectivity index (χ4n) is 0. The summed E-state index contributed by atoms with van der Waals surface area (Å²) in [5, 5.41) is 29.5. The molecule has 0 spiro atoms. The molecule has 0 atom stereocenters. The van der Waals surface area contributed by atoms with Crippen LogP contribution < -0.4 is 0 Å². The van der Waals surface area contributed by atoms with Crippen LogP contribution in [0.15, 0.2) is 0 Å². The zero-order chi connectivity index (χ0) is 7.15. The van der Waals surface area contributed by atoms with Crippen LogP contribution in [-0.4, -0.2) is 27.5 Å². The van der Waals surface area contributed by atoms with Gasteiger partial charge in [-0.3, -0.25) is 0 Å². The van der Waals surface area contributed by atoms with E-state index in [1.165, 1.54) is 0 Å². The van der Waals surface area contributed by atoms with Gasteiger partial charge < -0.3 is 30.6 Å². The van der Waals surface area contributed by atoms with Crippen LogP contribution in [0.25, 0.3) is 0 Å². The summed E-state index contributed by atoms with van der Waals surface area (Å²) in [6.07, 6.45) is 0. The van der Waals surface area contributed by atoms with E-state index in [-0.39, 0.29) is 34.7 Å². The first-order valence-corrected chi connectivity index (χ1v) is 1.10. The summed E-state index contributed by atoms with van der Waals surface area (Å²) in [5.41, 5.74) is 0. The Labute approximate surface area is 75.9 Å². The molecule has 0 aromatic rings. The van der Waals surface area contributed by atoms with E-state index in [4.69, 9.17) is 30.6 Å². The molecule has 0 rings (SSSR count). The molecule has 8 nitrogen and oxygen atoms in total. The Morgan fingerprint density at radius 1 is 0.800 bits per heavy atom. The molecule has 0 aliphatic heterocycles. The van der Waals surface area contributed by atoms with E-state index in [0.29, 0.717) is 0 Å². The van der Waals surface area contributed by atoms with E-state index >= 15 is 0 Å². The summed E-state index contributed by atoms with van der Waals surface area (Å²) >= 11 is 0. The van der Waals surface area contributed by atoms with E-state index in [0.717, 1.165) is 0 Å². The molecule has 0 saturated heterocycles. The Balaban J connectivity index is -0.0000000300. The van der Waals surface area contributed by atoms with E-state index in [1.54, 1.807) is 0 Å². The summed E-state index contributed by atoms with van der Waals surface area (Å²) in [4.78, 5) is 16.5. The molecule has 10 heavy (non-hydrogen) atoms. The maximum Gasteiger partial charge on any atom is 3.00 e. The second-order valence-corrected chi connectivity index (χ2v) is 0.447. The average Bonchev–Trinajstić information content (AvgIpc) is 1.25. The van der Waals surface area contributed by atoms with E-state index in [9.17, 15) is 0 Å². The average molecular weight is 203 g/mol. The smallest absolute Gasteiger partial charge is 0.356 e. The molecule has 0 heterocycles. The monoisotopic (exact) mass is 203 g/mol. The molecule has 10 heteroatoms. The van der Waals surface area contributed by atoms with Gasteiger partial charge >= 0.3 is 34.7 Å². The number of nitrogens with zero attached hydrogens (tertiary/aromatic N) is 2. The number of hydrogen-bond donors (Lipinski definition) is 0. The largest absolute Gasteiger partial charge is 3.00 e. The third-order valence-corrected chi connectivity index (χ3v) is 0.